The highest BCUT2D eigenvalue weighted by Crippen LogP contribution is 2.28. The number of fused-ring (bicyclic) bond motifs is 1. The van der Waals surface area contributed by atoms with Gasteiger partial charge in [0.2, 0.25) is 0 Å². The van der Waals surface area contributed by atoms with Crippen molar-refractivity contribution in [1.82, 2.24) is 14.9 Å². The van der Waals surface area contributed by atoms with Gasteiger partial charge in [-0.05, 0) is 30.3 Å². The molecule has 0 N–H and O–H groups in total. The highest BCUT2D eigenvalue weighted by molar-refractivity contribution is 7.98. The molecular weight excluding hydrogens is 280 g/mol. The number of likely N-dealkylation sites (N-methyl/N-ethyl adjacent to an activating group) is 1. The summed E-state index contributed by atoms with van der Waals surface area (Å²) in [6.45, 7) is 1.91. The van der Waals surface area contributed by atoms with E-state index in [0.29, 0.717) is 5.56 Å². The molecule has 5 heteroatoms. The second-order valence-electron chi connectivity index (χ2n) is 5.20. The van der Waals surface area contributed by atoms with E-state index in [9.17, 15) is 5.26 Å². The number of nitriles is 1. The maximum atomic E-state index is 9.35. The molecule has 0 atom stereocenters. The minimum Gasteiger partial charge on any atom is -0.302 e. The highest BCUT2D eigenvalue weighted by atomic mass is 32.2. The molecule has 3 rings (SSSR count). The van der Waals surface area contributed by atoms with Crippen LogP contribution in [0.2, 0.25) is 0 Å². The Hall–Kier alpha value is -1.90. The molecule has 1 aliphatic rings. The zero-order valence-corrected chi connectivity index (χ0v) is 12.7. The first-order valence-corrected chi connectivity index (χ1v) is 7.88. The van der Waals surface area contributed by atoms with Crippen molar-refractivity contribution in [3.05, 3.63) is 53.0 Å². The summed E-state index contributed by atoms with van der Waals surface area (Å²) in [5.74, 6) is 0.786. The zero-order chi connectivity index (χ0) is 14.7. The Kier molecular flexibility index (Phi) is 4.18. The van der Waals surface area contributed by atoms with Crippen LogP contribution in [0.25, 0.3) is 0 Å². The fourth-order valence-corrected chi connectivity index (χ4v) is 3.33. The minimum atomic E-state index is 0.679. The van der Waals surface area contributed by atoms with Crippen molar-refractivity contribution in [3.63, 3.8) is 0 Å². The Balaban J connectivity index is 1.83. The van der Waals surface area contributed by atoms with Crippen molar-refractivity contribution >= 4 is 11.8 Å². The van der Waals surface area contributed by atoms with E-state index in [2.05, 4.69) is 23.0 Å². The van der Waals surface area contributed by atoms with Crippen LogP contribution in [0, 0.1) is 11.3 Å². The predicted octanol–water partition coefficient (Wildman–Crippen LogP) is 2.63. The molecule has 0 unspecified atom stereocenters. The molecule has 0 bridgehead atoms. The lowest BCUT2D eigenvalue weighted by Crippen LogP contribution is -2.27. The summed E-state index contributed by atoms with van der Waals surface area (Å²) < 4.78 is 0. The first-order chi connectivity index (χ1) is 10.3. The quantitative estimate of drug-likeness (QED) is 0.815. The van der Waals surface area contributed by atoms with Gasteiger partial charge in [-0.25, -0.2) is 4.98 Å². The Morgan fingerprint density at radius 2 is 2.38 bits per heavy atom. The second kappa shape index (κ2) is 6.25. The fraction of sp³-hybridized carbons (Fsp3) is 0.312. The van der Waals surface area contributed by atoms with Gasteiger partial charge in [-0.1, -0.05) is 6.07 Å². The Bertz CT molecular complexity index is 679. The molecular formula is C16H16N4S. The third-order valence-corrected chi connectivity index (χ3v) is 4.61. The fourth-order valence-electron chi connectivity index (χ4n) is 2.42. The number of hydrogen-bond acceptors (Lipinski definition) is 5. The van der Waals surface area contributed by atoms with Crippen LogP contribution in [0.1, 0.15) is 22.4 Å². The summed E-state index contributed by atoms with van der Waals surface area (Å²) in [5, 5.41) is 10.2. The average Bonchev–Trinajstić information content (AvgIpc) is 2.53. The number of pyridine rings is 2. The SMILES string of the molecule is CN1CCc2nc(SCc3cccnc3)c(C#N)cc2C1. The highest BCUT2D eigenvalue weighted by Gasteiger charge is 2.18. The van der Waals surface area contributed by atoms with Crippen LogP contribution in [0.15, 0.2) is 35.6 Å². The van der Waals surface area contributed by atoms with Gasteiger partial charge in [0.05, 0.1) is 5.56 Å². The monoisotopic (exact) mass is 296 g/mol. The van der Waals surface area contributed by atoms with Crippen molar-refractivity contribution in [2.24, 2.45) is 0 Å². The maximum absolute atomic E-state index is 9.35. The summed E-state index contributed by atoms with van der Waals surface area (Å²) >= 11 is 1.61. The molecule has 0 aromatic carbocycles. The summed E-state index contributed by atoms with van der Waals surface area (Å²) in [7, 11) is 2.10. The van der Waals surface area contributed by atoms with Gasteiger partial charge in [-0.2, -0.15) is 5.26 Å². The van der Waals surface area contributed by atoms with Crippen LogP contribution in [0.4, 0.5) is 0 Å². The van der Waals surface area contributed by atoms with Crippen molar-refractivity contribution in [3.8, 4) is 6.07 Å². The lowest BCUT2D eigenvalue weighted by atomic mass is 10.0. The molecule has 0 spiro atoms. The van der Waals surface area contributed by atoms with Crippen LogP contribution in [0.5, 0.6) is 0 Å². The lowest BCUT2D eigenvalue weighted by Gasteiger charge is -2.24. The molecule has 0 saturated carbocycles. The van der Waals surface area contributed by atoms with E-state index >= 15 is 0 Å². The third-order valence-electron chi connectivity index (χ3n) is 3.55. The third kappa shape index (κ3) is 3.23. The summed E-state index contributed by atoms with van der Waals surface area (Å²) in [6, 6.07) is 8.25. The molecule has 0 saturated heterocycles. The molecule has 2 aromatic heterocycles. The van der Waals surface area contributed by atoms with E-state index in [1.807, 2.05) is 24.4 Å². The number of rotatable bonds is 3. The summed E-state index contributed by atoms with van der Waals surface area (Å²) in [5.41, 5.74) is 4.15. The van der Waals surface area contributed by atoms with Gasteiger partial charge in [-0.3, -0.25) is 4.98 Å². The van der Waals surface area contributed by atoms with Gasteiger partial charge in [0.1, 0.15) is 11.1 Å². The standard InChI is InChI=1S/C16H16N4S/c1-20-6-4-15-14(10-20)7-13(8-17)16(19-15)21-11-12-3-2-5-18-9-12/h2-3,5,7,9H,4,6,10-11H2,1H3. The maximum Gasteiger partial charge on any atom is 0.114 e. The average molecular weight is 296 g/mol. The van der Waals surface area contributed by atoms with Crippen molar-refractivity contribution in [1.29, 1.82) is 5.26 Å². The topological polar surface area (TPSA) is 52.8 Å². The number of nitrogens with zero attached hydrogens (tertiary/aromatic N) is 4. The van der Waals surface area contributed by atoms with E-state index in [4.69, 9.17) is 4.98 Å². The minimum absolute atomic E-state index is 0.679. The lowest BCUT2D eigenvalue weighted by molar-refractivity contribution is 0.309. The van der Waals surface area contributed by atoms with E-state index in [1.165, 1.54) is 5.56 Å². The number of hydrogen-bond donors (Lipinski definition) is 0. The molecule has 1 aliphatic heterocycles. The van der Waals surface area contributed by atoms with Gasteiger partial charge in [-0.15, -0.1) is 11.8 Å². The molecule has 21 heavy (non-hydrogen) atoms. The van der Waals surface area contributed by atoms with Gasteiger partial charge in [0.15, 0.2) is 0 Å². The van der Waals surface area contributed by atoms with Crippen molar-refractivity contribution in [2.45, 2.75) is 23.7 Å². The molecule has 4 nitrogen and oxygen atoms in total. The molecule has 106 valence electrons. The molecule has 0 radical (unpaired) electrons. The van der Waals surface area contributed by atoms with Gasteiger partial charge < -0.3 is 4.90 Å². The first kappa shape index (κ1) is 14.1. The van der Waals surface area contributed by atoms with Crippen LogP contribution in [0.3, 0.4) is 0 Å². The summed E-state index contributed by atoms with van der Waals surface area (Å²) in [6.07, 6.45) is 4.58. The van der Waals surface area contributed by atoms with Crippen LogP contribution in [-0.4, -0.2) is 28.5 Å². The number of thioether (sulfide) groups is 1. The van der Waals surface area contributed by atoms with Crippen LogP contribution < -0.4 is 0 Å². The van der Waals surface area contributed by atoms with Gasteiger partial charge in [0, 0.05) is 43.4 Å². The van der Waals surface area contributed by atoms with E-state index in [1.54, 1.807) is 18.0 Å². The summed E-state index contributed by atoms with van der Waals surface area (Å²) in [4.78, 5) is 11.1. The Labute approximate surface area is 128 Å². The van der Waals surface area contributed by atoms with E-state index in [-0.39, 0.29) is 0 Å². The smallest absolute Gasteiger partial charge is 0.114 e. The zero-order valence-electron chi connectivity index (χ0n) is 11.9. The Morgan fingerprint density at radius 1 is 1.48 bits per heavy atom. The first-order valence-electron chi connectivity index (χ1n) is 6.89. The van der Waals surface area contributed by atoms with E-state index < -0.39 is 0 Å². The number of aromatic nitrogens is 2. The molecule has 3 heterocycles. The molecule has 0 amide bonds. The molecule has 0 aliphatic carbocycles. The van der Waals surface area contributed by atoms with Crippen LogP contribution in [-0.2, 0) is 18.7 Å². The largest absolute Gasteiger partial charge is 0.302 e. The van der Waals surface area contributed by atoms with Crippen molar-refractivity contribution < 1.29 is 0 Å². The van der Waals surface area contributed by atoms with E-state index in [0.717, 1.165) is 41.5 Å². The van der Waals surface area contributed by atoms with Crippen LogP contribution >= 0.6 is 11.8 Å². The second-order valence-corrected chi connectivity index (χ2v) is 6.16. The predicted molar refractivity (Wildman–Crippen MR) is 82.8 cm³/mol. The van der Waals surface area contributed by atoms with Gasteiger partial charge in [0.25, 0.3) is 0 Å². The normalized spacial score (nSPS) is 14.5. The Morgan fingerprint density at radius 3 is 3.14 bits per heavy atom. The molecule has 2 aromatic rings. The van der Waals surface area contributed by atoms with Crippen molar-refractivity contribution in [2.75, 3.05) is 13.6 Å². The van der Waals surface area contributed by atoms with Gasteiger partial charge >= 0.3 is 0 Å². The molecule has 0 fully saturated rings.